The number of hydrogen-bond acceptors (Lipinski definition) is 4. The van der Waals surface area contributed by atoms with Crippen LogP contribution in [-0.2, 0) is 10.0 Å². The molecule has 0 aliphatic rings. The number of hydrogen-bond donors (Lipinski definition) is 2. The van der Waals surface area contributed by atoms with Gasteiger partial charge in [-0.25, -0.2) is 17.5 Å². The molecule has 0 radical (unpaired) electrons. The number of sulfonamides is 1. The van der Waals surface area contributed by atoms with Gasteiger partial charge in [-0.3, -0.25) is 0 Å². The first-order valence-electron chi connectivity index (χ1n) is 5.95. The highest BCUT2D eigenvalue weighted by Crippen LogP contribution is 2.21. The van der Waals surface area contributed by atoms with Crippen molar-refractivity contribution in [2.45, 2.75) is 24.3 Å². The lowest BCUT2D eigenvalue weighted by atomic mass is 10.2. The third-order valence-corrected chi connectivity index (χ3v) is 4.31. The smallest absolute Gasteiger partial charge is 0.245 e. The van der Waals surface area contributed by atoms with Crippen LogP contribution in [0.5, 0.6) is 0 Å². The number of nitrogen functional groups attached to an aromatic ring is 1. The van der Waals surface area contributed by atoms with Crippen LogP contribution >= 0.6 is 0 Å². The fourth-order valence-electron chi connectivity index (χ4n) is 1.64. The van der Waals surface area contributed by atoms with Crippen molar-refractivity contribution >= 4 is 15.7 Å². The molecule has 0 heterocycles. The molecule has 7 heteroatoms. The molecule has 0 saturated heterocycles. The number of anilines is 1. The van der Waals surface area contributed by atoms with Gasteiger partial charge in [-0.15, -0.1) is 0 Å². The summed E-state index contributed by atoms with van der Waals surface area (Å²) in [5.41, 5.74) is 5.45. The van der Waals surface area contributed by atoms with Crippen LogP contribution in [0.15, 0.2) is 23.1 Å². The van der Waals surface area contributed by atoms with Crippen molar-refractivity contribution < 1.29 is 12.8 Å². The van der Waals surface area contributed by atoms with E-state index in [1.807, 2.05) is 19.0 Å². The van der Waals surface area contributed by atoms with Gasteiger partial charge in [0.1, 0.15) is 10.7 Å². The van der Waals surface area contributed by atoms with E-state index in [0.29, 0.717) is 6.42 Å². The van der Waals surface area contributed by atoms with Crippen LogP contribution in [0.4, 0.5) is 10.1 Å². The summed E-state index contributed by atoms with van der Waals surface area (Å²) >= 11 is 0. The van der Waals surface area contributed by atoms with Crippen LogP contribution in [0.1, 0.15) is 13.3 Å². The van der Waals surface area contributed by atoms with Gasteiger partial charge < -0.3 is 10.6 Å². The normalized spacial score (nSPS) is 13.7. The second-order valence-corrected chi connectivity index (χ2v) is 6.42. The first-order valence-corrected chi connectivity index (χ1v) is 7.43. The quantitative estimate of drug-likeness (QED) is 0.767. The van der Waals surface area contributed by atoms with Crippen molar-refractivity contribution in [1.29, 1.82) is 0 Å². The Balaban J connectivity index is 2.87. The summed E-state index contributed by atoms with van der Waals surface area (Å²) in [6, 6.07) is 3.52. The summed E-state index contributed by atoms with van der Waals surface area (Å²) in [6.45, 7) is 2.47. The highest BCUT2D eigenvalue weighted by molar-refractivity contribution is 7.89. The summed E-state index contributed by atoms with van der Waals surface area (Å²) in [5, 5.41) is 0. The molecular formula is C12H20FN3O2S. The van der Waals surface area contributed by atoms with Crippen LogP contribution in [0, 0.1) is 5.82 Å². The molecule has 0 aromatic heterocycles. The Morgan fingerprint density at radius 2 is 2.05 bits per heavy atom. The summed E-state index contributed by atoms with van der Waals surface area (Å²) < 4.78 is 40.2. The number of halogens is 1. The zero-order chi connectivity index (χ0) is 14.6. The lowest BCUT2D eigenvalue weighted by Gasteiger charge is -2.17. The van der Waals surface area contributed by atoms with Crippen molar-refractivity contribution in [3.05, 3.63) is 24.0 Å². The Morgan fingerprint density at radius 3 is 2.58 bits per heavy atom. The third-order valence-electron chi connectivity index (χ3n) is 2.63. The molecular weight excluding hydrogens is 269 g/mol. The Hall–Kier alpha value is -1.18. The molecule has 0 fully saturated rings. The van der Waals surface area contributed by atoms with Crippen LogP contribution in [0.2, 0.25) is 0 Å². The van der Waals surface area contributed by atoms with Gasteiger partial charge >= 0.3 is 0 Å². The highest BCUT2D eigenvalue weighted by Gasteiger charge is 2.23. The Morgan fingerprint density at radius 1 is 1.42 bits per heavy atom. The molecule has 1 atom stereocenters. The minimum atomic E-state index is -3.94. The summed E-state index contributed by atoms with van der Waals surface area (Å²) in [5.74, 6) is -0.840. The van der Waals surface area contributed by atoms with E-state index in [4.69, 9.17) is 5.73 Å². The maximum Gasteiger partial charge on any atom is 0.245 e. The number of benzene rings is 1. The first-order chi connectivity index (χ1) is 8.74. The van der Waals surface area contributed by atoms with Gasteiger partial charge in [0, 0.05) is 6.04 Å². The second kappa shape index (κ2) is 6.31. The molecule has 19 heavy (non-hydrogen) atoms. The predicted octanol–water partition coefficient (Wildman–Crippen LogP) is 1.03. The van der Waals surface area contributed by atoms with Crippen LogP contribution < -0.4 is 10.5 Å². The van der Waals surface area contributed by atoms with E-state index >= 15 is 0 Å². The molecule has 1 aromatic carbocycles. The fraction of sp³-hybridized carbons (Fsp3) is 0.500. The molecule has 0 amide bonds. The molecule has 0 spiro atoms. The van der Waals surface area contributed by atoms with Gasteiger partial charge in [0.15, 0.2) is 0 Å². The van der Waals surface area contributed by atoms with Crippen molar-refractivity contribution in [3.63, 3.8) is 0 Å². The van der Waals surface area contributed by atoms with Gasteiger partial charge in [-0.1, -0.05) is 6.07 Å². The van der Waals surface area contributed by atoms with Gasteiger partial charge in [0.05, 0.1) is 5.69 Å². The topological polar surface area (TPSA) is 75.4 Å². The standard InChI is InChI=1S/C12H20FN3O2S/c1-9(7-8-16(2)3)15-19(17,18)12-10(13)5-4-6-11(12)14/h4-6,9,15H,7-8,14H2,1-3H3. The van der Waals surface area contributed by atoms with E-state index < -0.39 is 20.7 Å². The van der Waals surface area contributed by atoms with Gasteiger partial charge in [-0.2, -0.15) is 0 Å². The SMILES string of the molecule is CC(CCN(C)C)NS(=O)(=O)c1c(N)cccc1F. The second-order valence-electron chi connectivity index (χ2n) is 4.77. The summed E-state index contributed by atoms with van der Waals surface area (Å²) in [6.07, 6.45) is 0.626. The summed E-state index contributed by atoms with van der Waals surface area (Å²) in [7, 11) is -0.140. The largest absolute Gasteiger partial charge is 0.398 e. The Kier molecular flexibility index (Phi) is 5.28. The van der Waals surface area contributed by atoms with E-state index in [0.717, 1.165) is 12.6 Å². The molecule has 0 aliphatic carbocycles. The zero-order valence-electron chi connectivity index (χ0n) is 11.4. The van der Waals surface area contributed by atoms with Gasteiger partial charge in [0.25, 0.3) is 0 Å². The molecule has 3 N–H and O–H groups in total. The van der Waals surface area contributed by atoms with Gasteiger partial charge in [0.2, 0.25) is 10.0 Å². The van der Waals surface area contributed by atoms with Crippen molar-refractivity contribution in [2.75, 3.05) is 26.4 Å². The molecule has 1 unspecified atom stereocenters. The molecule has 1 rings (SSSR count). The Labute approximate surface area is 113 Å². The molecule has 5 nitrogen and oxygen atoms in total. The highest BCUT2D eigenvalue weighted by atomic mass is 32.2. The fourth-order valence-corrected chi connectivity index (χ4v) is 3.11. The minimum absolute atomic E-state index is 0.0905. The number of nitrogens with two attached hydrogens (primary N) is 1. The number of nitrogens with zero attached hydrogens (tertiary/aromatic N) is 1. The molecule has 1 aromatic rings. The minimum Gasteiger partial charge on any atom is -0.398 e. The average Bonchev–Trinajstić information content (AvgIpc) is 2.25. The van der Waals surface area contributed by atoms with Crippen molar-refractivity contribution in [3.8, 4) is 0 Å². The van der Waals surface area contributed by atoms with Crippen molar-refractivity contribution in [2.24, 2.45) is 0 Å². The zero-order valence-corrected chi connectivity index (χ0v) is 12.2. The molecule has 0 saturated carbocycles. The van der Waals surface area contributed by atoms with Crippen LogP contribution in [0.25, 0.3) is 0 Å². The predicted molar refractivity (Wildman–Crippen MR) is 73.8 cm³/mol. The van der Waals surface area contributed by atoms with Crippen LogP contribution in [0.3, 0.4) is 0 Å². The number of nitrogens with one attached hydrogen (secondary N) is 1. The lowest BCUT2D eigenvalue weighted by Crippen LogP contribution is -2.35. The Bertz CT molecular complexity index is 512. The molecule has 0 aliphatic heterocycles. The number of rotatable bonds is 6. The van der Waals surface area contributed by atoms with E-state index in [2.05, 4.69) is 4.72 Å². The van der Waals surface area contributed by atoms with Crippen molar-refractivity contribution in [1.82, 2.24) is 9.62 Å². The van der Waals surface area contributed by atoms with Crippen LogP contribution in [-0.4, -0.2) is 40.0 Å². The van der Waals surface area contributed by atoms with E-state index in [9.17, 15) is 12.8 Å². The maximum absolute atomic E-state index is 13.6. The lowest BCUT2D eigenvalue weighted by molar-refractivity contribution is 0.378. The third kappa shape index (κ3) is 4.45. The van der Waals surface area contributed by atoms with E-state index in [-0.39, 0.29) is 11.7 Å². The van der Waals surface area contributed by atoms with E-state index in [1.54, 1.807) is 6.92 Å². The average molecular weight is 289 g/mol. The van der Waals surface area contributed by atoms with Gasteiger partial charge in [-0.05, 0) is 46.1 Å². The maximum atomic E-state index is 13.6. The summed E-state index contributed by atoms with van der Waals surface area (Å²) in [4.78, 5) is 1.47. The monoisotopic (exact) mass is 289 g/mol. The van der Waals surface area contributed by atoms with E-state index in [1.165, 1.54) is 12.1 Å². The molecule has 0 bridgehead atoms. The first kappa shape index (κ1) is 15.9. The molecule has 108 valence electrons.